The Morgan fingerprint density at radius 3 is 2.53 bits per heavy atom. The van der Waals surface area contributed by atoms with Crippen LogP contribution < -0.4 is 11.1 Å². The summed E-state index contributed by atoms with van der Waals surface area (Å²) in [5, 5.41) is 2.82. The molecule has 0 aliphatic carbocycles. The van der Waals surface area contributed by atoms with Crippen molar-refractivity contribution < 1.29 is 14.3 Å². The summed E-state index contributed by atoms with van der Waals surface area (Å²) < 4.78 is 10.2. The zero-order valence-electron chi connectivity index (χ0n) is 11.2. The minimum Gasteiger partial charge on any atom is -0.382 e. The van der Waals surface area contributed by atoms with E-state index in [1.165, 1.54) is 0 Å². The van der Waals surface area contributed by atoms with E-state index in [2.05, 4.69) is 5.32 Å². The minimum absolute atomic E-state index is 0.0692. The Kier molecular flexibility index (Phi) is 10.1. The number of amides is 1. The molecule has 0 aromatic heterocycles. The normalized spacial score (nSPS) is 12.8. The number of nitrogens with two attached hydrogens (primary N) is 1. The molecule has 0 aromatic rings. The number of carbonyl (C=O) groups is 1. The highest BCUT2D eigenvalue weighted by atomic mass is 16.5. The van der Waals surface area contributed by atoms with Crippen LogP contribution in [0.15, 0.2) is 0 Å². The molecule has 17 heavy (non-hydrogen) atoms. The number of carbonyl (C=O) groups excluding carboxylic acids is 1. The Morgan fingerprint density at radius 1 is 1.24 bits per heavy atom. The smallest absolute Gasteiger partial charge is 0.237 e. The van der Waals surface area contributed by atoms with Gasteiger partial charge in [-0.05, 0) is 18.8 Å². The third-order valence-electron chi connectivity index (χ3n) is 2.47. The van der Waals surface area contributed by atoms with E-state index in [9.17, 15) is 4.79 Å². The van der Waals surface area contributed by atoms with E-state index < -0.39 is 6.04 Å². The summed E-state index contributed by atoms with van der Waals surface area (Å²) in [5.41, 5.74) is 5.71. The molecule has 0 saturated heterocycles. The van der Waals surface area contributed by atoms with Crippen molar-refractivity contribution in [2.24, 2.45) is 11.7 Å². The lowest BCUT2D eigenvalue weighted by Gasteiger charge is -2.15. The van der Waals surface area contributed by atoms with Crippen molar-refractivity contribution in [2.75, 3.05) is 33.5 Å². The summed E-state index contributed by atoms with van der Waals surface area (Å²) in [4.78, 5) is 11.5. The van der Waals surface area contributed by atoms with Crippen molar-refractivity contribution >= 4 is 5.91 Å². The molecule has 0 fully saturated rings. The lowest BCUT2D eigenvalue weighted by atomic mass is 10.1. The van der Waals surface area contributed by atoms with E-state index in [1.807, 2.05) is 13.8 Å². The highest BCUT2D eigenvalue weighted by Crippen LogP contribution is 1.98. The van der Waals surface area contributed by atoms with Gasteiger partial charge in [-0.1, -0.05) is 13.8 Å². The standard InChI is InChI=1S/C12H26N2O3/c1-10(2)11(13)12(15)14-6-4-5-7-17-9-8-16-3/h10-11H,4-9,13H2,1-3H3,(H,14,15)/t11-/m0/s1. The number of unbranched alkanes of at least 4 members (excludes halogenated alkanes) is 1. The van der Waals surface area contributed by atoms with Gasteiger partial charge in [0.05, 0.1) is 19.3 Å². The van der Waals surface area contributed by atoms with Gasteiger partial charge in [0.1, 0.15) is 0 Å². The predicted molar refractivity (Wildman–Crippen MR) is 67.8 cm³/mol. The van der Waals surface area contributed by atoms with Crippen molar-refractivity contribution in [2.45, 2.75) is 32.7 Å². The van der Waals surface area contributed by atoms with Crippen LogP contribution in [0.5, 0.6) is 0 Å². The van der Waals surface area contributed by atoms with Crippen LogP contribution in [0.25, 0.3) is 0 Å². The molecule has 0 radical (unpaired) electrons. The Balaban J connectivity index is 3.31. The minimum atomic E-state index is -0.409. The molecule has 0 heterocycles. The Labute approximate surface area is 104 Å². The molecule has 0 aliphatic rings. The lowest BCUT2D eigenvalue weighted by molar-refractivity contribution is -0.123. The van der Waals surface area contributed by atoms with Gasteiger partial charge < -0.3 is 20.5 Å². The van der Waals surface area contributed by atoms with Gasteiger partial charge in [0, 0.05) is 20.3 Å². The summed E-state index contributed by atoms with van der Waals surface area (Å²) >= 11 is 0. The quantitative estimate of drug-likeness (QED) is 0.551. The van der Waals surface area contributed by atoms with Crippen molar-refractivity contribution in [1.82, 2.24) is 5.32 Å². The van der Waals surface area contributed by atoms with Gasteiger partial charge in [0.25, 0.3) is 0 Å². The van der Waals surface area contributed by atoms with Gasteiger partial charge in [-0.25, -0.2) is 0 Å². The second-order valence-corrected chi connectivity index (χ2v) is 4.37. The maximum absolute atomic E-state index is 11.5. The molecule has 0 spiro atoms. The van der Waals surface area contributed by atoms with Crippen LogP contribution in [-0.2, 0) is 14.3 Å². The first-order chi connectivity index (χ1) is 8.09. The summed E-state index contributed by atoms with van der Waals surface area (Å²) in [6.07, 6.45) is 1.84. The molecule has 0 bridgehead atoms. The summed E-state index contributed by atoms with van der Waals surface area (Å²) in [5.74, 6) is 0.104. The molecule has 102 valence electrons. The number of nitrogens with one attached hydrogen (secondary N) is 1. The van der Waals surface area contributed by atoms with E-state index in [-0.39, 0.29) is 11.8 Å². The van der Waals surface area contributed by atoms with Gasteiger partial charge in [0.15, 0.2) is 0 Å². The summed E-state index contributed by atoms with van der Waals surface area (Å²) in [6, 6.07) is -0.409. The van der Waals surface area contributed by atoms with Gasteiger partial charge in [-0.15, -0.1) is 0 Å². The van der Waals surface area contributed by atoms with Gasteiger partial charge >= 0.3 is 0 Å². The average molecular weight is 246 g/mol. The molecule has 1 amide bonds. The monoisotopic (exact) mass is 246 g/mol. The molecular formula is C12H26N2O3. The van der Waals surface area contributed by atoms with Crippen LogP contribution in [-0.4, -0.2) is 45.4 Å². The second kappa shape index (κ2) is 10.5. The second-order valence-electron chi connectivity index (χ2n) is 4.37. The first kappa shape index (κ1) is 16.4. The van der Waals surface area contributed by atoms with Crippen LogP contribution in [0.1, 0.15) is 26.7 Å². The van der Waals surface area contributed by atoms with Crippen LogP contribution in [0.2, 0.25) is 0 Å². The first-order valence-corrected chi connectivity index (χ1v) is 6.19. The van der Waals surface area contributed by atoms with Crippen LogP contribution >= 0.6 is 0 Å². The molecule has 0 aromatic carbocycles. The summed E-state index contributed by atoms with van der Waals surface area (Å²) in [6.45, 7) is 6.49. The molecule has 0 rings (SSSR count). The van der Waals surface area contributed by atoms with Gasteiger partial charge in [-0.3, -0.25) is 4.79 Å². The van der Waals surface area contributed by atoms with Crippen LogP contribution in [0.4, 0.5) is 0 Å². The Bertz CT molecular complexity index is 198. The van der Waals surface area contributed by atoms with E-state index in [4.69, 9.17) is 15.2 Å². The van der Waals surface area contributed by atoms with Gasteiger partial charge in [0.2, 0.25) is 5.91 Å². The molecular weight excluding hydrogens is 220 g/mol. The zero-order valence-corrected chi connectivity index (χ0v) is 11.2. The van der Waals surface area contributed by atoms with E-state index in [0.717, 1.165) is 12.8 Å². The number of rotatable bonds is 10. The van der Waals surface area contributed by atoms with Gasteiger partial charge in [-0.2, -0.15) is 0 Å². The van der Waals surface area contributed by atoms with E-state index in [0.29, 0.717) is 26.4 Å². The number of ether oxygens (including phenoxy) is 2. The topological polar surface area (TPSA) is 73.6 Å². The number of methoxy groups -OCH3 is 1. The largest absolute Gasteiger partial charge is 0.382 e. The van der Waals surface area contributed by atoms with E-state index in [1.54, 1.807) is 7.11 Å². The number of hydrogen-bond acceptors (Lipinski definition) is 4. The summed E-state index contributed by atoms with van der Waals surface area (Å²) in [7, 11) is 1.65. The highest BCUT2D eigenvalue weighted by molar-refractivity contribution is 5.81. The maximum atomic E-state index is 11.5. The molecule has 0 aliphatic heterocycles. The molecule has 1 atom stereocenters. The van der Waals surface area contributed by atoms with Crippen molar-refractivity contribution in [3.63, 3.8) is 0 Å². The lowest BCUT2D eigenvalue weighted by Crippen LogP contribution is -2.44. The van der Waals surface area contributed by atoms with E-state index >= 15 is 0 Å². The Morgan fingerprint density at radius 2 is 1.94 bits per heavy atom. The first-order valence-electron chi connectivity index (χ1n) is 6.19. The third-order valence-corrected chi connectivity index (χ3v) is 2.47. The Hall–Kier alpha value is -0.650. The zero-order chi connectivity index (χ0) is 13.1. The van der Waals surface area contributed by atoms with Crippen molar-refractivity contribution in [1.29, 1.82) is 0 Å². The van der Waals surface area contributed by atoms with Crippen LogP contribution in [0, 0.1) is 5.92 Å². The SMILES string of the molecule is COCCOCCCCNC(=O)[C@@H](N)C(C)C. The fourth-order valence-electron chi connectivity index (χ4n) is 1.21. The third kappa shape index (κ3) is 9.09. The fraction of sp³-hybridized carbons (Fsp3) is 0.917. The predicted octanol–water partition coefficient (Wildman–Crippen LogP) is 0.529. The maximum Gasteiger partial charge on any atom is 0.237 e. The van der Waals surface area contributed by atoms with Crippen molar-refractivity contribution in [3.05, 3.63) is 0 Å². The highest BCUT2D eigenvalue weighted by Gasteiger charge is 2.15. The molecule has 3 N–H and O–H groups in total. The number of hydrogen-bond donors (Lipinski definition) is 2. The van der Waals surface area contributed by atoms with Crippen molar-refractivity contribution in [3.8, 4) is 0 Å². The van der Waals surface area contributed by atoms with Crippen LogP contribution in [0.3, 0.4) is 0 Å². The molecule has 0 saturated carbocycles. The average Bonchev–Trinajstić information content (AvgIpc) is 2.31. The molecule has 5 heteroatoms. The fourth-order valence-corrected chi connectivity index (χ4v) is 1.21. The molecule has 5 nitrogen and oxygen atoms in total. The molecule has 0 unspecified atom stereocenters.